The molecular formula is C71H60O7. The van der Waals surface area contributed by atoms with E-state index in [0.717, 1.165) is 37.6 Å². The van der Waals surface area contributed by atoms with Crippen molar-refractivity contribution in [3.8, 4) is 23.0 Å². The molecule has 10 aromatic rings. The van der Waals surface area contributed by atoms with E-state index in [-0.39, 0.29) is 37.3 Å². The Hall–Kier alpha value is -8.20. The van der Waals surface area contributed by atoms with Crippen molar-refractivity contribution in [1.29, 1.82) is 0 Å². The van der Waals surface area contributed by atoms with Crippen LogP contribution in [0.15, 0.2) is 231 Å². The Morgan fingerprint density at radius 2 is 0.692 bits per heavy atom. The van der Waals surface area contributed by atoms with Crippen molar-refractivity contribution < 1.29 is 33.5 Å². The van der Waals surface area contributed by atoms with E-state index < -0.39 is 16.9 Å². The lowest BCUT2D eigenvalue weighted by Gasteiger charge is -2.33. The lowest BCUT2D eigenvalue weighted by Crippen LogP contribution is -2.27. The highest BCUT2D eigenvalue weighted by atomic mass is 16.6. The summed E-state index contributed by atoms with van der Waals surface area (Å²) in [5.41, 5.74) is 11.7. The van der Waals surface area contributed by atoms with Crippen molar-refractivity contribution >= 4 is 21.5 Å². The van der Waals surface area contributed by atoms with Gasteiger partial charge in [-0.1, -0.05) is 170 Å². The number of aliphatic hydroxyl groups is 1. The van der Waals surface area contributed by atoms with Gasteiger partial charge >= 0.3 is 0 Å². The van der Waals surface area contributed by atoms with Gasteiger partial charge in [-0.15, -0.1) is 0 Å². The monoisotopic (exact) mass is 1020 g/mol. The standard InChI is InChI=1S/C71H60O7/c72-57(41-73-58-27-19-53(20-28-58)70(55-23-31-60(32-24-55)75-43-62-45-77-62)39-66(47-11-3-1-4-12-47)64-35-49-15-7-9-17-51(49)37-68(64)70)42-74-59-29-21-54(22-30-59)71(56-25-33-61(34-26-56)76-44-63-46-78-63)40-67(48-13-5-2-6-14-48)65-36-50-16-8-10-18-52(50)38-69(65)71/h1-38,57,62-63,66-67,72H,39-46H2. The minimum absolute atomic E-state index is 0.0724. The van der Waals surface area contributed by atoms with Crippen molar-refractivity contribution in [2.24, 2.45) is 0 Å². The number of hydrogen-bond donors (Lipinski definition) is 1. The van der Waals surface area contributed by atoms with E-state index in [0.29, 0.717) is 24.7 Å². The molecule has 0 bridgehead atoms. The van der Waals surface area contributed by atoms with Gasteiger partial charge in [0.25, 0.3) is 0 Å². The highest BCUT2D eigenvalue weighted by Gasteiger charge is 2.49. The van der Waals surface area contributed by atoms with Crippen LogP contribution in [0.4, 0.5) is 0 Å². The molecule has 10 aromatic carbocycles. The minimum Gasteiger partial charge on any atom is -0.491 e. The number of rotatable bonds is 18. The smallest absolute Gasteiger partial charge is 0.122 e. The summed E-state index contributed by atoms with van der Waals surface area (Å²) in [6.07, 6.45) is 1.20. The molecule has 6 unspecified atom stereocenters. The second-order valence-electron chi connectivity index (χ2n) is 21.6. The maximum atomic E-state index is 11.4. The summed E-state index contributed by atoms with van der Waals surface area (Å²) in [6, 6.07) is 83.1. The molecule has 7 nitrogen and oxygen atoms in total. The van der Waals surface area contributed by atoms with E-state index in [1.807, 2.05) is 24.3 Å². The first-order chi connectivity index (χ1) is 38.5. The number of benzene rings is 10. The molecule has 386 valence electrons. The zero-order valence-corrected chi connectivity index (χ0v) is 43.4. The van der Waals surface area contributed by atoms with Crippen LogP contribution in [0.5, 0.6) is 23.0 Å². The summed E-state index contributed by atoms with van der Waals surface area (Å²) in [7, 11) is 0. The molecule has 14 rings (SSSR count). The fraction of sp³-hybridized carbons (Fsp3) is 0.211. The zero-order chi connectivity index (χ0) is 52.0. The Labute approximate surface area is 455 Å². The van der Waals surface area contributed by atoms with Gasteiger partial charge in [0, 0.05) is 22.7 Å². The lowest BCUT2D eigenvalue weighted by atomic mass is 9.69. The molecule has 0 spiro atoms. The number of ether oxygens (including phenoxy) is 6. The quantitative estimate of drug-likeness (QED) is 0.0858. The van der Waals surface area contributed by atoms with Gasteiger partial charge in [-0.05, 0) is 151 Å². The van der Waals surface area contributed by atoms with Crippen molar-refractivity contribution in [3.63, 3.8) is 0 Å². The Morgan fingerprint density at radius 1 is 0.385 bits per heavy atom. The molecule has 0 saturated carbocycles. The van der Waals surface area contributed by atoms with Gasteiger partial charge in [0.1, 0.15) is 67.7 Å². The molecule has 2 heterocycles. The van der Waals surface area contributed by atoms with E-state index in [1.165, 1.54) is 77.2 Å². The normalized spacial score (nSPS) is 22.1. The summed E-state index contributed by atoms with van der Waals surface area (Å²) in [6.45, 7) is 2.77. The Balaban J connectivity index is 0.717. The van der Waals surface area contributed by atoms with E-state index in [9.17, 15) is 5.11 Å². The third-order valence-corrected chi connectivity index (χ3v) is 16.9. The van der Waals surface area contributed by atoms with Crippen LogP contribution in [0.1, 0.15) is 80.3 Å². The van der Waals surface area contributed by atoms with E-state index in [2.05, 4.69) is 206 Å². The van der Waals surface area contributed by atoms with Gasteiger partial charge in [0.05, 0.1) is 13.2 Å². The largest absolute Gasteiger partial charge is 0.491 e. The average molecular weight is 1030 g/mol. The average Bonchev–Trinajstić information content (AvgIpc) is 4.62. The van der Waals surface area contributed by atoms with E-state index in [1.54, 1.807) is 0 Å². The highest BCUT2D eigenvalue weighted by Crippen LogP contribution is 2.58. The van der Waals surface area contributed by atoms with E-state index in [4.69, 9.17) is 28.4 Å². The van der Waals surface area contributed by atoms with Crippen LogP contribution >= 0.6 is 0 Å². The molecule has 4 aliphatic rings. The molecule has 0 aromatic heterocycles. The van der Waals surface area contributed by atoms with Crippen LogP contribution in [-0.4, -0.2) is 63.1 Å². The Bertz CT molecular complexity index is 3480. The Morgan fingerprint density at radius 3 is 1.03 bits per heavy atom. The number of epoxide rings is 2. The van der Waals surface area contributed by atoms with Crippen molar-refractivity contribution in [3.05, 3.63) is 286 Å². The van der Waals surface area contributed by atoms with E-state index >= 15 is 0 Å². The predicted molar refractivity (Wildman–Crippen MR) is 307 cm³/mol. The van der Waals surface area contributed by atoms with Crippen LogP contribution in [0.3, 0.4) is 0 Å². The maximum Gasteiger partial charge on any atom is 0.122 e. The molecule has 2 saturated heterocycles. The third-order valence-electron chi connectivity index (χ3n) is 16.9. The maximum absolute atomic E-state index is 11.4. The first-order valence-electron chi connectivity index (χ1n) is 27.5. The molecular weight excluding hydrogens is 965 g/mol. The van der Waals surface area contributed by atoms with Crippen LogP contribution in [0, 0.1) is 0 Å². The summed E-state index contributed by atoms with van der Waals surface area (Å²) >= 11 is 0. The van der Waals surface area contributed by atoms with Gasteiger partial charge in [0.15, 0.2) is 0 Å². The SMILES string of the molecule is OC(COc1ccc(C2(c3ccc(OCC4CO4)cc3)CC(c3ccccc3)c3cc4ccccc4cc32)cc1)COc1ccc(C2(c3ccc(OCC4CO4)cc3)CC(c3ccccc3)c3cc4ccccc4cc32)cc1. The number of fused-ring (bicyclic) bond motifs is 4. The van der Waals surface area contributed by atoms with Crippen LogP contribution in [-0.2, 0) is 20.3 Å². The molecule has 6 atom stereocenters. The predicted octanol–water partition coefficient (Wildman–Crippen LogP) is 14.1. The molecule has 2 aliphatic carbocycles. The fourth-order valence-electron chi connectivity index (χ4n) is 12.8. The van der Waals surface area contributed by atoms with Crippen molar-refractivity contribution in [1.82, 2.24) is 0 Å². The molecule has 7 heteroatoms. The summed E-state index contributed by atoms with van der Waals surface area (Å²) in [5, 5.41) is 16.3. The van der Waals surface area contributed by atoms with Crippen LogP contribution in [0.25, 0.3) is 21.5 Å². The van der Waals surface area contributed by atoms with Gasteiger partial charge in [-0.25, -0.2) is 0 Å². The lowest BCUT2D eigenvalue weighted by molar-refractivity contribution is 0.0626. The molecule has 2 aliphatic heterocycles. The number of aliphatic hydroxyl groups excluding tert-OH is 1. The topological polar surface area (TPSA) is 82.2 Å². The number of hydrogen-bond acceptors (Lipinski definition) is 7. The van der Waals surface area contributed by atoms with Crippen LogP contribution in [0.2, 0.25) is 0 Å². The molecule has 0 radical (unpaired) electrons. The third kappa shape index (κ3) is 9.15. The highest BCUT2D eigenvalue weighted by molar-refractivity contribution is 5.87. The first kappa shape index (κ1) is 48.2. The van der Waals surface area contributed by atoms with Gasteiger partial charge in [0.2, 0.25) is 0 Å². The van der Waals surface area contributed by atoms with Gasteiger partial charge in [-0.2, -0.15) is 0 Å². The zero-order valence-electron chi connectivity index (χ0n) is 43.4. The molecule has 0 amide bonds. The fourth-order valence-corrected chi connectivity index (χ4v) is 12.8. The van der Waals surface area contributed by atoms with Gasteiger partial charge < -0.3 is 33.5 Å². The second kappa shape index (κ2) is 20.3. The summed E-state index contributed by atoms with van der Waals surface area (Å²) < 4.78 is 35.7. The Kier molecular flexibility index (Phi) is 12.5. The molecule has 1 N–H and O–H groups in total. The van der Waals surface area contributed by atoms with Crippen molar-refractivity contribution in [2.75, 3.05) is 39.6 Å². The summed E-state index contributed by atoms with van der Waals surface area (Å²) in [5.74, 6) is 3.38. The summed E-state index contributed by atoms with van der Waals surface area (Å²) in [4.78, 5) is 0. The second-order valence-corrected chi connectivity index (χ2v) is 21.6. The molecule has 2 fully saturated rings. The van der Waals surface area contributed by atoms with Crippen LogP contribution < -0.4 is 18.9 Å². The first-order valence-corrected chi connectivity index (χ1v) is 27.5. The van der Waals surface area contributed by atoms with Gasteiger partial charge in [-0.3, -0.25) is 0 Å². The molecule has 78 heavy (non-hydrogen) atoms. The minimum atomic E-state index is -0.871. The van der Waals surface area contributed by atoms with Crippen molar-refractivity contribution in [2.45, 2.75) is 53.8 Å².